The van der Waals surface area contributed by atoms with Gasteiger partial charge in [-0.15, -0.1) is 0 Å². The van der Waals surface area contributed by atoms with E-state index in [2.05, 4.69) is 6.92 Å². The van der Waals surface area contributed by atoms with Gasteiger partial charge in [0.1, 0.15) is 5.60 Å². The maximum atomic E-state index is 12.7. The number of rotatable bonds is 4. The number of carbonyl (C=O) groups is 1. The molecule has 0 aromatic rings. The van der Waals surface area contributed by atoms with Gasteiger partial charge in [-0.2, -0.15) is 0 Å². The zero-order chi connectivity index (χ0) is 12.3. The van der Waals surface area contributed by atoms with Crippen LogP contribution < -0.4 is 0 Å². The van der Waals surface area contributed by atoms with E-state index in [9.17, 15) is 4.79 Å². The number of methoxy groups -OCH3 is 1. The second-order valence-corrected chi connectivity index (χ2v) is 5.91. The van der Waals surface area contributed by atoms with E-state index in [0.29, 0.717) is 5.78 Å². The Morgan fingerprint density at radius 1 is 1.24 bits per heavy atom. The number of ether oxygens (including phenoxy) is 1. The number of Topliss-reactive ketones (excluding diaryl/α,β-unsaturated/α-hetero) is 1. The molecular formula is C15H26O2. The van der Waals surface area contributed by atoms with E-state index in [1.165, 1.54) is 19.3 Å². The molecule has 0 heterocycles. The summed E-state index contributed by atoms with van der Waals surface area (Å²) in [7, 11) is 1.73. The lowest BCUT2D eigenvalue weighted by atomic mass is 9.74. The Bertz CT molecular complexity index is 266. The molecule has 2 saturated carbocycles. The van der Waals surface area contributed by atoms with Crippen molar-refractivity contribution in [3.63, 3.8) is 0 Å². The van der Waals surface area contributed by atoms with Gasteiger partial charge in [0.2, 0.25) is 0 Å². The molecule has 17 heavy (non-hydrogen) atoms. The van der Waals surface area contributed by atoms with E-state index in [-0.39, 0.29) is 5.92 Å². The SMILES string of the molecule is CCC1CCCC(C(=O)C2(OC)CCCC2)C1. The molecule has 0 aliphatic heterocycles. The van der Waals surface area contributed by atoms with E-state index in [1.807, 2.05) is 0 Å². The first-order chi connectivity index (χ1) is 8.22. The van der Waals surface area contributed by atoms with Crippen LogP contribution in [0.25, 0.3) is 0 Å². The summed E-state index contributed by atoms with van der Waals surface area (Å²) in [6, 6.07) is 0. The predicted molar refractivity (Wildman–Crippen MR) is 69.0 cm³/mol. The summed E-state index contributed by atoms with van der Waals surface area (Å²) >= 11 is 0. The maximum Gasteiger partial charge on any atom is 0.167 e. The molecule has 0 aromatic carbocycles. The topological polar surface area (TPSA) is 26.3 Å². The summed E-state index contributed by atoms with van der Waals surface area (Å²) in [6.07, 6.45) is 10.2. The van der Waals surface area contributed by atoms with Crippen molar-refractivity contribution in [2.24, 2.45) is 11.8 Å². The second-order valence-electron chi connectivity index (χ2n) is 5.91. The third-order valence-electron chi connectivity index (χ3n) is 4.98. The summed E-state index contributed by atoms with van der Waals surface area (Å²) < 4.78 is 5.63. The van der Waals surface area contributed by atoms with Crippen LogP contribution in [0.4, 0.5) is 0 Å². The first-order valence-corrected chi connectivity index (χ1v) is 7.31. The first kappa shape index (κ1) is 13.1. The van der Waals surface area contributed by atoms with Crippen molar-refractivity contribution in [1.82, 2.24) is 0 Å². The van der Waals surface area contributed by atoms with Gasteiger partial charge in [0, 0.05) is 13.0 Å². The lowest BCUT2D eigenvalue weighted by Crippen LogP contribution is -2.43. The fraction of sp³-hybridized carbons (Fsp3) is 0.933. The second kappa shape index (κ2) is 5.51. The fourth-order valence-electron chi connectivity index (χ4n) is 3.77. The van der Waals surface area contributed by atoms with Gasteiger partial charge in [-0.1, -0.05) is 26.2 Å². The summed E-state index contributed by atoms with van der Waals surface area (Å²) in [4.78, 5) is 12.7. The molecule has 2 nitrogen and oxygen atoms in total. The van der Waals surface area contributed by atoms with Crippen LogP contribution >= 0.6 is 0 Å². The van der Waals surface area contributed by atoms with E-state index in [4.69, 9.17) is 4.74 Å². The van der Waals surface area contributed by atoms with Gasteiger partial charge in [0.25, 0.3) is 0 Å². The molecule has 2 aliphatic rings. The van der Waals surface area contributed by atoms with Crippen LogP contribution in [0.15, 0.2) is 0 Å². The van der Waals surface area contributed by atoms with E-state index < -0.39 is 5.60 Å². The summed E-state index contributed by atoms with van der Waals surface area (Å²) in [5.74, 6) is 1.48. The summed E-state index contributed by atoms with van der Waals surface area (Å²) in [6.45, 7) is 2.25. The van der Waals surface area contributed by atoms with Crippen LogP contribution in [-0.2, 0) is 9.53 Å². The Morgan fingerprint density at radius 2 is 1.94 bits per heavy atom. The van der Waals surface area contributed by atoms with Gasteiger partial charge in [0.05, 0.1) is 0 Å². The number of hydrogen-bond acceptors (Lipinski definition) is 2. The molecule has 2 heteroatoms. The average molecular weight is 238 g/mol. The molecular weight excluding hydrogens is 212 g/mol. The molecule has 2 rings (SSSR count). The van der Waals surface area contributed by atoms with Crippen LogP contribution in [0.2, 0.25) is 0 Å². The first-order valence-electron chi connectivity index (χ1n) is 7.31. The Labute approximate surface area is 105 Å². The molecule has 98 valence electrons. The smallest absolute Gasteiger partial charge is 0.167 e. The number of carbonyl (C=O) groups excluding carboxylic acids is 1. The minimum Gasteiger partial charge on any atom is -0.370 e. The Hall–Kier alpha value is -0.370. The highest BCUT2D eigenvalue weighted by atomic mass is 16.5. The van der Waals surface area contributed by atoms with Gasteiger partial charge in [0.15, 0.2) is 5.78 Å². The van der Waals surface area contributed by atoms with Crippen LogP contribution in [0.1, 0.15) is 64.7 Å². The monoisotopic (exact) mass is 238 g/mol. The largest absolute Gasteiger partial charge is 0.370 e. The fourth-order valence-corrected chi connectivity index (χ4v) is 3.77. The molecule has 0 saturated heterocycles. The van der Waals surface area contributed by atoms with Crippen molar-refractivity contribution < 1.29 is 9.53 Å². The molecule has 2 unspecified atom stereocenters. The highest BCUT2D eigenvalue weighted by Crippen LogP contribution is 2.40. The third kappa shape index (κ3) is 2.57. The van der Waals surface area contributed by atoms with Gasteiger partial charge in [-0.05, 0) is 44.4 Å². The third-order valence-corrected chi connectivity index (χ3v) is 4.98. The quantitative estimate of drug-likeness (QED) is 0.746. The zero-order valence-electron chi connectivity index (χ0n) is 11.3. The van der Waals surface area contributed by atoms with Crippen molar-refractivity contribution in [3.8, 4) is 0 Å². The molecule has 0 radical (unpaired) electrons. The average Bonchev–Trinajstić information content (AvgIpc) is 2.88. The van der Waals surface area contributed by atoms with Gasteiger partial charge in [-0.25, -0.2) is 0 Å². The lowest BCUT2D eigenvalue weighted by molar-refractivity contribution is -0.146. The van der Waals surface area contributed by atoms with Crippen molar-refractivity contribution in [1.29, 1.82) is 0 Å². The van der Waals surface area contributed by atoms with Crippen LogP contribution in [0.3, 0.4) is 0 Å². The van der Waals surface area contributed by atoms with Gasteiger partial charge in [-0.3, -0.25) is 4.79 Å². The van der Waals surface area contributed by atoms with E-state index in [0.717, 1.165) is 44.4 Å². The molecule has 0 amide bonds. The zero-order valence-corrected chi connectivity index (χ0v) is 11.3. The van der Waals surface area contributed by atoms with Crippen molar-refractivity contribution in [3.05, 3.63) is 0 Å². The van der Waals surface area contributed by atoms with Crippen LogP contribution in [0.5, 0.6) is 0 Å². The van der Waals surface area contributed by atoms with Gasteiger partial charge < -0.3 is 4.74 Å². The molecule has 0 spiro atoms. The molecule has 2 aliphatic carbocycles. The van der Waals surface area contributed by atoms with Crippen molar-refractivity contribution in [2.75, 3.05) is 7.11 Å². The van der Waals surface area contributed by atoms with E-state index >= 15 is 0 Å². The molecule has 2 fully saturated rings. The standard InChI is InChI=1S/C15H26O2/c1-3-12-7-6-8-13(11-12)14(16)15(17-2)9-4-5-10-15/h12-13H,3-11H2,1-2H3. The number of hydrogen-bond donors (Lipinski definition) is 0. The number of ketones is 1. The molecule has 0 bridgehead atoms. The Balaban J connectivity index is 2.03. The van der Waals surface area contributed by atoms with Crippen LogP contribution in [-0.4, -0.2) is 18.5 Å². The predicted octanol–water partition coefficient (Wildman–Crippen LogP) is 3.73. The molecule has 2 atom stereocenters. The Morgan fingerprint density at radius 3 is 2.53 bits per heavy atom. The Kier molecular flexibility index (Phi) is 4.24. The summed E-state index contributed by atoms with van der Waals surface area (Å²) in [5, 5.41) is 0. The molecule has 0 aromatic heterocycles. The highest BCUT2D eigenvalue weighted by Gasteiger charge is 2.44. The van der Waals surface area contributed by atoms with Crippen molar-refractivity contribution in [2.45, 2.75) is 70.3 Å². The van der Waals surface area contributed by atoms with E-state index in [1.54, 1.807) is 7.11 Å². The van der Waals surface area contributed by atoms with Crippen molar-refractivity contribution >= 4 is 5.78 Å². The maximum absolute atomic E-state index is 12.7. The van der Waals surface area contributed by atoms with Crippen LogP contribution in [0, 0.1) is 11.8 Å². The normalized spacial score (nSPS) is 32.6. The lowest BCUT2D eigenvalue weighted by Gasteiger charge is -2.34. The highest BCUT2D eigenvalue weighted by molar-refractivity contribution is 5.89. The van der Waals surface area contributed by atoms with Gasteiger partial charge >= 0.3 is 0 Å². The summed E-state index contributed by atoms with van der Waals surface area (Å²) in [5.41, 5.74) is -0.402. The minimum atomic E-state index is -0.402. The minimum absolute atomic E-state index is 0.284. The molecule has 0 N–H and O–H groups in total.